The number of anilines is 1. The van der Waals surface area contributed by atoms with E-state index in [1.54, 1.807) is 18.2 Å². The van der Waals surface area contributed by atoms with Crippen LogP contribution in [0.5, 0.6) is 0 Å². The maximum Gasteiger partial charge on any atom is 0.224 e. The van der Waals surface area contributed by atoms with Crippen LogP contribution in [0.15, 0.2) is 18.2 Å². The highest BCUT2D eigenvalue weighted by Crippen LogP contribution is 2.26. The summed E-state index contributed by atoms with van der Waals surface area (Å²) in [6.45, 7) is 4.75. The molecule has 1 aromatic carbocycles. The molecule has 0 aromatic heterocycles. The third-order valence-electron chi connectivity index (χ3n) is 2.81. The summed E-state index contributed by atoms with van der Waals surface area (Å²) >= 11 is 11.9. The number of nitrogens with one attached hydrogen (secondary N) is 1. The van der Waals surface area contributed by atoms with Gasteiger partial charge in [-0.2, -0.15) is 0 Å². The first-order valence-corrected chi connectivity index (χ1v) is 7.13. The largest absolute Gasteiger partial charge is 0.330 e. The van der Waals surface area contributed by atoms with E-state index in [4.69, 9.17) is 28.9 Å². The first-order valence-electron chi connectivity index (χ1n) is 6.37. The Morgan fingerprint density at radius 1 is 1.37 bits per heavy atom. The van der Waals surface area contributed by atoms with Crippen molar-refractivity contribution < 1.29 is 4.79 Å². The van der Waals surface area contributed by atoms with Crippen molar-refractivity contribution in [2.75, 3.05) is 11.9 Å². The molecule has 5 heteroatoms. The summed E-state index contributed by atoms with van der Waals surface area (Å²) in [5, 5.41) is 3.80. The van der Waals surface area contributed by atoms with Crippen molar-refractivity contribution in [2.45, 2.75) is 26.7 Å². The quantitative estimate of drug-likeness (QED) is 0.836. The molecule has 106 valence electrons. The number of benzene rings is 1. The number of halogens is 2. The summed E-state index contributed by atoms with van der Waals surface area (Å²) in [5.41, 5.74) is 6.23. The molecule has 3 nitrogen and oxygen atoms in total. The standard InChI is InChI=1S/C14H20Cl2N2O/c1-9(2)5-10(8-17)6-14(19)18-13-7-11(15)3-4-12(13)16/h3-4,7,9-10H,5-6,8,17H2,1-2H3,(H,18,19). The van der Waals surface area contributed by atoms with Crippen LogP contribution in [0.2, 0.25) is 10.0 Å². The van der Waals surface area contributed by atoms with Gasteiger partial charge >= 0.3 is 0 Å². The minimum Gasteiger partial charge on any atom is -0.330 e. The molecule has 0 aliphatic rings. The molecule has 0 aliphatic carbocycles. The van der Waals surface area contributed by atoms with Gasteiger partial charge in [-0.3, -0.25) is 4.79 Å². The van der Waals surface area contributed by atoms with Crippen LogP contribution in [0.3, 0.4) is 0 Å². The van der Waals surface area contributed by atoms with Gasteiger partial charge in [0.2, 0.25) is 5.91 Å². The van der Waals surface area contributed by atoms with Crippen LogP contribution in [0, 0.1) is 11.8 Å². The fourth-order valence-corrected chi connectivity index (χ4v) is 2.32. The van der Waals surface area contributed by atoms with E-state index in [9.17, 15) is 4.79 Å². The molecule has 1 aromatic rings. The van der Waals surface area contributed by atoms with Crippen LogP contribution in [-0.4, -0.2) is 12.5 Å². The van der Waals surface area contributed by atoms with Crippen molar-refractivity contribution in [2.24, 2.45) is 17.6 Å². The Morgan fingerprint density at radius 2 is 2.05 bits per heavy atom. The number of hydrogen-bond acceptors (Lipinski definition) is 2. The van der Waals surface area contributed by atoms with Gasteiger partial charge in [-0.05, 0) is 43.0 Å². The number of rotatable bonds is 6. The van der Waals surface area contributed by atoms with Crippen molar-refractivity contribution in [3.8, 4) is 0 Å². The maximum absolute atomic E-state index is 12.0. The molecule has 19 heavy (non-hydrogen) atoms. The highest BCUT2D eigenvalue weighted by atomic mass is 35.5. The van der Waals surface area contributed by atoms with Gasteiger partial charge < -0.3 is 11.1 Å². The molecule has 0 bridgehead atoms. The van der Waals surface area contributed by atoms with E-state index in [2.05, 4.69) is 19.2 Å². The van der Waals surface area contributed by atoms with Crippen LogP contribution < -0.4 is 11.1 Å². The smallest absolute Gasteiger partial charge is 0.224 e. The molecule has 0 radical (unpaired) electrons. The average molecular weight is 303 g/mol. The van der Waals surface area contributed by atoms with Crippen molar-refractivity contribution in [3.63, 3.8) is 0 Å². The molecular formula is C14H20Cl2N2O. The van der Waals surface area contributed by atoms with Crippen molar-refractivity contribution in [3.05, 3.63) is 28.2 Å². The molecule has 1 unspecified atom stereocenters. The first-order chi connectivity index (χ1) is 8.92. The fourth-order valence-electron chi connectivity index (χ4n) is 1.99. The Kier molecular flexibility index (Phi) is 6.63. The Hall–Kier alpha value is -0.770. The van der Waals surface area contributed by atoms with Crippen molar-refractivity contribution in [1.82, 2.24) is 0 Å². The normalized spacial score (nSPS) is 12.5. The lowest BCUT2D eigenvalue weighted by molar-refractivity contribution is -0.117. The van der Waals surface area contributed by atoms with Crippen LogP contribution in [-0.2, 0) is 4.79 Å². The Bertz CT molecular complexity index is 435. The molecule has 0 saturated carbocycles. The number of hydrogen-bond donors (Lipinski definition) is 2. The van der Waals surface area contributed by atoms with E-state index in [1.807, 2.05) is 0 Å². The lowest BCUT2D eigenvalue weighted by Crippen LogP contribution is -2.23. The lowest BCUT2D eigenvalue weighted by atomic mass is 9.94. The summed E-state index contributed by atoms with van der Waals surface area (Å²) in [6.07, 6.45) is 1.34. The molecule has 1 amide bonds. The molecule has 0 aliphatic heterocycles. The van der Waals surface area contributed by atoms with E-state index in [-0.39, 0.29) is 11.8 Å². The lowest BCUT2D eigenvalue weighted by Gasteiger charge is -2.17. The second-order valence-corrected chi connectivity index (χ2v) is 5.95. The van der Waals surface area contributed by atoms with E-state index < -0.39 is 0 Å². The van der Waals surface area contributed by atoms with E-state index in [1.165, 1.54) is 0 Å². The second-order valence-electron chi connectivity index (χ2n) is 5.11. The fraction of sp³-hybridized carbons (Fsp3) is 0.500. The summed E-state index contributed by atoms with van der Waals surface area (Å²) in [5.74, 6) is 0.634. The minimum atomic E-state index is -0.0831. The zero-order valence-electron chi connectivity index (χ0n) is 11.2. The Morgan fingerprint density at radius 3 is 2.63 bits per heavy atom. The highest BCUT2D eigenvalue weighted by Gasteiger charge is 2.15. The zero-order valence-corrected chi connectivity index (χ0v) is 12.8. The zero-order chi connectivity index (χ0) is 14.4. The van der Waals surface area contributed by atoms with Gasteiger partial charge in [0.1, 0.15) is 0 Å². The topological polar surface area (TPSA) is 55.1 Å². The van der Waals surface area contributed by atoms with Gasteiger partial charge in [0.15, 0.2) is 0 Å². The molecular weight excluding hydrogens is 283 g/mol. The van der Waals surface area contributed by atoms with Crippen molar-refractivity contribution >= 4 is 34.8 Å². The Balaban J connectivity index is 2.61. The summed E-state index contributed by atoms with van der Waals surface area (Å²) in [7, 11) is 0. The minimum absolute atomic E-state index is 0.0831. The molecule has 1 rings (SSSR count). The number of carbonyl (C=O) groups is 1. The third kappa shape index (κ3) is 5.81. The molecule has 0 saturated heterocycles. The number of carbonyl (C=O) groups excluding carboxylic acids is 1. The first kappa shape index (κ1) is 16.3. The second kappa shape index (κ2) is 7.73. The molecule has 0 spiro atoms. The van der Waals surface area contributed by atoms with Crippen LogP contribution in [0.4, 0.5) is 5.69 Å². The van der Waals surface area contributed by atoms with Crippen molar-refractivity contribution in [1.29, 1.82) is 0 Å². The highest BCUT2D eigenvalue weighted by molar-refractivity contribution is 6.35. The monoisotopic (exact) mass is 302 g/mol. The van der Waals surface area contributed by atoms with Gasteiger partial charge in [0.25, 0.3) is 0 Å². The predicted octanol–water partition coefficient (Wildman–Crippen LogP) is 3.94. The summed E-state index contributed by atoms with van der Waals surface area (Å²) in [4.78, 5) is 12.0. The van der Waals surface area contributed by atoms with Crippen LogP contribution in [0.1, 0.15) is 26.7 Å². The SMILES string of the molecule is CC(C)CC(CN)CC(=O)Nc1cc(Cl)ccc1Cl. The average Bonchev–Trinajstić information content (AvgIpc) is 2.32. The maximum atomic E-state index is 12.0. The van der Waals surface area contributed by atoms with Gasteiger partial charge in [-0.25, -0.2) is 0 Å². The van der Waals surface area contributed by atoms with E-state index in [0.29, 0.717) is 34.6 Å². The molecule has 3 N–H and O–H groups in total. The molecule has 1 atom stereocenters. The van der Waals surface area contributed by atoms with Gasteiger partial charge in [-0.15, -0.1) is 0 Å². The molecule has 0 fully saturated rings. The molecule has 0 heterocycles. The summed E-state index contributed by atoms with van der Waals surface area (Å²) in [6, 6.07) is 4.98. The van der Waals surface area contributed by atoms with E-state index in [0.717, 1.165) is 6.42 Å². The van der Waals surface area contributed by atoms with Gasteiger partial charge in [-0.1, -0.05) is 37.0 Å². The van der Waals surface area contributed by atoms with Gasteiger partial charge in [0, 0.05) is 11.4 Å². The third-order valence-corrected chi connectivity index (χ3v) is 3.38. The van der Waals surface area contributed by atoms with Crippen LogP contribution >= 0.6 is 23.2 Å². The number of nitrogens with two attached hydrogens (primary N) is 1. The predicted molar refractivity (Wildman–Crippen MR) is 81.7 cm³/mol. The summed E-state index contributed by atoms with van der Waals surface area (Å²) < 4.78 is 0. The van der Waals surface area contributed by atoms with E-state index >= 15 is 0 Å². The van der Waals surface area contributed by atoms with Crippen LogP contribution in [0.25, 0.3) is 0 Å². The number of amides is 1. The Labute approximate surface area is 124 Å². The van der Waals surface area contributed by atoms with Gasteiger partial charge in [0.05, 0.1) is 10.7 Å².